The number of imidazole rings is 1. The molecule has 7 nitrogen and oxygen atoms in total. The quantitative estimate of drug-likeness (QED) is 0.447. The second-order valence-electron chi connectivity index (χ2n) is 8.59. The Balaban J connectivity index is 1.67. The number of nitrogens with one attached hydrogen (secondary N) is 1. The molecule has 1 N–H and O–H groups in total. The summed E-state index contributed by atoms with van der Waals surface area (Å²) in [6.07, 6.45) is 5.38. The summed E-state index contributed by atoms with van der Waals surface area (Å²) in [4.78, 5) is 18.4. The Hall–Kier alpha value is -3.03. The number of aromatic nitrogens is 5. The van der Waals surface area contributed by atoms with Crippen molar-refractivity contribution in [3.8, 4) is 17.3 Å². The van der Waals surface area contributed by atoms with E-state index in [0.29, 0.717) is 28.6 Å². The Bertz CT molecular complexity index is 1300. The molecule has 0 bridgehead atoms. The first-order chi connectivity index (χ1) is 15.5. The van der Waals surface area contributed by atoms with Gasteiger partial charge in [-0.3, -0.25) is 4.98 Å². The molecule has 0 amide bonds. The first-order valence-electron chi connectivity index (χ1n) is 10.7. The monoisotopic (exact) mass is 448 g/mol. The maximum atomic E-state index is 6.72. The number of pyridine rings is 1. The van der Waals surface area contributed by atoms with Crippen molar-refractivity contribution < 1.29 is 4.74 Å². The van der Waals surface area contributed by atoms with Gasteiger partial charge in [-0.25, -0.2) is 9.97 Å². The van der Waals surface area contributed by atoms with Crippen LogP contribution in [0.3, 0.4) is 0 Å². The average Bonchev–Trinajstić information content (AvgIpc) is 3.37. The molecule has 0 spiro atoms. The van der Waals surface area contributed by atoms with Gasteiger partial charge in [-0.15, -0.1) is 0 Å². The Morgan fingerprint density at radius 1 is 1.16 bits per heavy atom. The van der Waals surface area contributed by atoms with Crippen LogP contribution in [0.5, 0.6) is 5.88 Å². The van der Waals surface area contributed by atoms with Crippen molar-refractivity contribution in [2.24, 2.45) is 0 Å². The van der Waals surface area contributed by atoms with Crippen molar-refractivity contribution in [2.45, 2.75) is 45.4 Å². The van der Waals surface area contributed by atoms with Gasteiger partial charge in [0, 0.05) is 18.3 Å². The van der Waals surface area contributed by atoms with Crippen LogP contribution in [-0.2, 0) is 13.1 Å². The predicted molar refractivity (Wildman–Crippen MR) is 125 cm³/mol. The van der Waals surface area contributed by atoms with Crippen LogP contribution >= 0.6 is 11.6 Å². The van der Waals surface area contributed by atoms with Gasteiger partial charge in [-0.1, -0.05) is 17.7 Å². The molecule has 1 aliphatic carbocycles. The van der Waals surface area contributed by atoms with Gasteiger partial charge in [-0.05, 0) is 69.1 Å². The van der Waals surface area contributed by atoms with Crippen molar-refractivity contribution in [1.29, 1.82) is 0 Å². The molecule has 3 aromatic heterocycles. The molecule has 0 radical (unpaired) electrons. The predicted octanol–water partition coefficient (Wildman–Crippen LogP) is 4.55. The Labute approximate surface area is 191 Å². The molecule has 0 aliphatic heterocycles. The van der Waals surface area contributed by atoms with Crippen molar-refractivity contribution in [1.82, 2.24) is 29.8 Å². The van der Waals surface area contributed by atoms with Crippen LogP contribution in [0.1, 0.15) is 36.6 Å². The SMILES string of the molecule is CNCc1ccc(-c2nc3c(OC4(C)CC4)ncnc3n2Cc2cc(C)ccn2)c(Cl)c1. The molecule has 32 heavy (non-hydrogen) atoms. The molecule has 1 aliphatic rings. The molecular formula is C24H25ClN6O. The number of rotatable bonds is 7. The minimum atomic E-state index is -0.171. The van der Waals surface area contributed by atoms with Gasteiger partial charge in [0.05, 0.1) is 17.3 Å². The fraction of sp³-hybridized carbons (Fsp3) is 0.333. The maximum absolute atomic E-state index is 6.72. The number of benzene rings is 1. The second-order valence-corrected chi connectivity index (χ2v) is 9.00. The topological polar surface area (TPSA) is 77.8 Å². The number of ether oxygens (including phenoxy) is 1. The van der Waals surface area contributed by atoms with Crippen molar-refractivity contribution in [2.75, 3.05) is 7.05 Å². The van der Waals surface area contributed by atoms with Gasteiger partial charge in [0.25, 0.3) is 0 Å². The molecular weight excluding hydrogens is 424 g/mol. The third-order valence-corrected chi connectivity index (χ3v) is 6.06. The lowest BCUT2D eigenvalue weighted by atomic mass is 10.1. The van der Waals surface area contributed by atoms with Gasteiger partial charge in [0.15, 0.2) is 11.2 Å². The van der Waals surface area contributed by atoms with E-state index in [0.717, 1.165) is 47.6 Å². The molecule has 1 fully saturated rings. The summed E-state index contributed by atoms with van der Waals surface area (Å²) in [5.41, 5.74) is 5.18. The fourth-order valence-electron chi connectivity index (χ4n) is 3.76. The highest BCUT2D eigenvalue weighted by Gasteiger charge is 2.41. The number of aryl methyl sites for hydroxylation is 1. The van der Waals surface area contributed by atoms with Crippen LogP contribution in [0.2, 0.25) is 5.02 Å². The first kappa shape index (κ1) is 20.8. The average molecular weight is 449 g/mol. The number of hydrogen-bond donors (Lipinski definition) is 1. The van der Waals surface area contributed by atoms with Crippen LogP contribution in [-0.4, -0.2) is 37.2 Å². The van der Waals surface area contributed by atoms with E-state index < -0.39 is 0 Å². The number of nitrogens with zero attached hydrogens (tertiary/aromatic N) is 5. The van der Waals surface area contributed by atoms with Crippen LogP contribution in [0.4, 0.5) is 0 Å². The molecule has 164 valence electrons. The smallest absolute Gasteiger partial charge is 0.245 e. The Morgan fingerprint density at radius 2 is 2.00 bits per heavy atom. The summed E-state index contributed by atoms with van der Waals surface area (Å²) < 4.78 is 8.24. The Morgan fingerprint density at radius 3 is 2.72 bits per heavy atom. The zero-order valence-electron chi connectivity index (χ0n) is 18.4. The van der Waals surface area contributed by atoms with Crippen LogP contribution in [0.25, 0.3) is 22.6 Å². The zero-order valence-corrected chi connectivity index (χ0v) is 19.1. The van der Waals surface area contributed by atoms with Crippen molar-refractivity contribution in [3.05, 3.63) is 64.7 Å². The van der Waals surface area contributed by atoms with E-state index in [-0.39, 0.29) is 5.60 Å². The number of hydrogen-bond acceptors (Lipinski definition) is 6. The van der Waals surface area contributed by atoms with Crippen LogP contribution in [0.15, 0.2) is 42.9 Å². The highest BCUT2D eigenvalue weighted by atomic mass is 35.5. The van der Waals surface area contributed by atoms with Crippen molar-refractivity contribution >= 4 is 22.8 Å². The lowest BCUT2D eigenvalue weighted by molar-refractivity contribution is 0.194. The van der Waals surface area contributed by atoms with E-state index in [1.807, 2.05) is 36.0 Å². The van der Waals surface area contributed by atoms with Gasteiger partial charge in [0.2, 0.25) is 5.88 Å². The third kappa shape index (κ3) is 4.06. The van der Waals surface area contributed by atoms with Gasteiger partial charge < -0.3 is 14.6 Å². The van der Waals surface area contributed by atoms with E-state index in [9.17, 15) is 0 Å². The van der Waals surface area contributed by atoms with Gasteiger partial charge in [0.1, 0.15) is 17.8 Å². The second kappa shape index (κ2) is 8.15. The fourth-order valence-corrected chi connectivity index (χ4v) is 4.05. The summed E-state index contributed by atoms with van der Waals surface area (Å²) in [6.45, 7) is 5.40. The summed E-state index contributed by atoms with van der Waals surface area (Å²) in [7, 11) is 1.91. The molecule has 0 atom stereocenters. The normalized spacial score (nSPS) is 14.6. The molecule has 3 heterocycles. The van der Waals surface area contributed by atoms with E-state index in [2.05, 4.69) is 46.2 Å². The van der Waals surface area contributed by atoms with Crippen molar-refractivity contribution in [3.63, 3.8) is 0 Å². The lowest BCUT2D eigenvalue weighted by Gasteiger charge is -2.12. The number of fused-ring (bicyclic) bond motifs is 1. The molecule has 0 saturated heterocycles. The van der Waals surface area contributed by atoms with Gasteiger partial charge in [-0.2, -0.15) is 4.98 Å². The van der Waals surface area contributed by atoms with Gasteiger partial charge >= 0.3 is 0 Å². The molecule has 0 unspecified atom stereocenters. The summed E-state index contributed by atoms with van der Waals surface area (Å²) in [6, 6.07) is 10.1. The molecule has 8 heteroatoms. The lowest BCUT2D eigenvalue weighted by Crippen LogP contribution is -2.13. The van der Waals surface area contributed by atoms with E-state index in [4.69, 9.17) is 21.3 Å². The highest BCUT2D eigenvalue weighted by Crippen LogP contribution is 2.41. The Kier molecular flexibility index (Phi) is 5.31. The third-order valence-electron chi connectivity index (χ3n) is 5.74. The minimum absolute atomic E-state index is 0.171. The maximum Gasteiger partial charge on any atom is 0.245 e. The summed E-state index contributed by atoms with van der Waals surface area (Å²) in [5.74, 6) is 1.23. The number of halogens is 1. The minimum Gasteiger partial charge on any atom is -0.470 e. The highest BCUT2D eigenvalue weighted by molar-refractivity contribution is 6.33. The molecule has 4 aromatic rings. The largest absolute Gasteiger partial charge is 0.470 e. The molecule has 1 aromatic carbocycles. The standard InChI is InChI=1S/C24H25ClN6O/c1-15-6-9-27-17(10-15)13-31-21(18-5-4-16(12-26-3)11-19(18)25)30-20-22(31)28-14-29-23(20)32-24(2)7-8-24/h4-6,9-11,14,26H,7-8,12-13H2,1-3H3. The zero-order chi connectivity index (χ0) is 22.3. The van der Waals surface area contributed by atoms with E-state index in [1.54, 1.807) is 0 Å². The molecule has 1 saturated carbocycles. The van der Waals surface area contributed by atoms with Crippen LogP contribution < -0.4 is 10.1 Å². The van der Waals surface area contributed by atoms with E-state index in [1.165, 1.54) is 6.33 Å². The molecule has 5 rings (SSSR count). The summed E-state index contributed by atoms with van der Waals surface area (Å²) >= 11 is 6.72. The first-order valence-corrected chi connectivity index (χ1v) is 11.1. The summed E-state index contributed by atoms with van der Waals surface area (Å²) in [5, 5.41) is 3.79. The van der Waals surface area contributed by atoms with Crippen LogP contribution in [0, 0.1) is 6.92 Å². The van der Waals surface area contributed by atoms with E-state index >= 15 is 0 Å².